The van der Waals surface area contributed by atoms with Crippen LogP contribution in [0.2, 0.25) is 0 Å². The molecule has 0 saturated carbocycles. The number of benzene rings is 3. The average Bonchev–Trinajstić information content (AvgIpc) is 2.64. The maximum atomic E-state index is 4.86. The fraction of sp³-hybridized carbons (Fsp3) is 0.0476. The highest BCUT2D eigenvalue weighted by Gasteiger charge is 2.13. The predicted molar refractivity (Wildman–Crippen MR) is 98.0 cm³/mol. The van der Waals surface area contributed by atoms with Crippen molar-refractivity contribution in [3.8, 4) is 0 Å². The third kappa shape index (κ3) is 3.61. The van der Waals surface area contributed by atoms with Crippen LogP contribution < -0.4 is 0 Å². The summed E-state index contributed by atoms with van der Waals surface area (Å²) in [4.78, 5) is 9.38. The van der Waals surface area contributed by atoms with Gasteiger partial charge in [0, 0.05) is 18.2 Å². The van der Waals surface area contributed by atoms with Gasteiger partial charge in [-0.2, -0.15) is 0 Å². The largest absolute Gasteiger partial charge is 0.286 e. The lowest BCUT2D eigenvalue weighted by atomic mass is 9.99. The molecule has 2 nitrogen and oxygen atoms in total. The molecule has 0 heterocycles. The van der Waals surface area contributed by atoms with Crippen LogP contribution in [-0.2, 0) is 0 Å². The fourth-order valence-corrected chi connectivity index (χ4v) is 2.45. The summed E-state index contributed by atoms with van der Waals surface area (Å²) in [5.74, 6) is 0. The highest BCUT2D eigenvalue weighted by Crippen LogP contribution is 2.16. The summed E-state index contributed by atoms with van der Waals surface area (Å²) in [7, 11) is 1.81. The minimum absolute atomic E-state index is 0.880. The van der Waals surface area contributed by atoms with E-state index >= 15 is 0 Å². The van der Waals surface area contributed by atoms with Gasteiger partial charge in [0.1, 0.15) is 0 Å². The highest BCUT2D eigenvalue weighted by atomic mass is 14.8. The van der Waals surface area contributed by atoms with Crippen molar-refractivity contribution in [2.24, 2.45) is 9.98 Å². The molecule has 0 fully saturated rings. The SMILES string of the molecule is CN=C(C(=Nc1ccccc1)c1ccccc1)c1ccccc1. The molecule has 3 aromatic carbocycles. The second kappa shape index (κ2) is 7.32. The Balaban J connectivity index is 2.14. The molecular formula is C21H18N2. The van der Waals surface area contributed by atoms with Gasteiger partial charge in [0.05, 0.1) is 17.1 Å². The molecule has 0 aliphatic carbocycles. The molecular weight excluding hydrogens is 280 g/mol. The molecule has 23 heavy (non-hydrogen) atoms. The summed E-state index contributed by atoms with van der Waals surface area (Å²) >= 11 is 0. The van der Waals surface area contributed by atoms with Crippen molar-refractivity contribution in [2.75, 3.05) is 7.05 Å². The molecule has 3 rings (SSSR count). The molecule has 3 aromatic rings. The van der Waals surface area contributed by atoms with Gasteiger partial charge in [-0.05, 0) is 12.1 Å². The molecule has 0 aliphatic heterocycles. The number of aliphatic imine (C=N–C) groups is 2. The molecule has 112 valence electrons. The standard InChI is InChI=1S/C21H18N2/c1-22-20(17-11-5-2-6-12-17)21(18-13-7-3-8-14-18)23-19-15-9-4-10-16-19/h2-16H,1H3. The quantitative estimate of drug-likeness (QED) is 0.610. The van der Waals surface area contributed by atoms with Crippen molar-refractivity contribution in [1.29, 1.82) is 0 Å². The second-order valence-corrected chi connectivity index (χ2v) is 5.10. The van der Waals surface area contributed by atoms with Crippen LogP contribution in [0.5, 0.6) is 0 Å². The van der Waals surface area contributed by atoms with Crippen LogP contribution in [0, 0.1) is 0 Å². The molecule has 0 spiro atoms. The van der Waals surface area contributed by atoms with E-state index in [1.54, 1.807) is 0 Å². The minimum Gasteiger partial charge on any atom is -0.286 e. The van der Waals surface area contributed by atoms with Crippen LogP contribution in [0.1, 0.15) is 11.1 Å². The van der Waals surface area contributed by atoms with Crippen molar-refractivity contribution in [3.05, 3.63) is 102 Å². The second-order valence-electron chi connectivity index (χ2n) is 5.10. The Bertz CT molecular complexity index is 804. The van der Waals surface area contributed by atoms with Gasteiger partial charge in [-0.25, -0.2) is 4.99 Å². The Morgan fingerprint density at radius 2 is 1.00 bits per heavy atom. The zero-order valence-corrected chi connectivity index (χ0v) is 13.1. The van der Waals surface area contributed by atoms with Gasteiger partial charge in [0.2, 0.25) is 0 Å². The Hall–Kier alpha value is -3.00. The Morgan fingerprint density at radius 3 is 1.48 bits per heavy atom. The smallest absolute Gasteiger partial charge is 0.0967 e. The van der Waals surface area contributed by atoms with E-state index in [1.165, 1.54) is 0 Å². The van der Waals surface area contributed by atoms with Crippen molar-refractivity contribution in [3.63, 3.8) is 0 Å². The summed E-state index contributed by atoms with van der Waals surface area (Å²) < 4.78 is 0. The summed E-state index contributed by atoms with van der Waals surface area (Å²) in [5, 5.41) is 0. The summed E-state index contributed by atoms with van der Waals surface area (Å²) in [6, 6.07) is 30.3. The molecule has 0 bridgehead atoms. The fourth-order valence-electron chi connectivity index (χ4n) is 2.45. The first kappa shape index (κ1) is 14.9. The number of hydrogen-bond acceptors (Lipinski definition) is 2. The molecule has 0 N–H and O–H groups in total. The van der Waals surface area contributed by atoms with Crippen LogP contribution >= 0.6 is 0 Å². The normalized spacial score (nSPS) is 12.2. The van der Waals surface area contributed by atoms with Crippen LogP contribution in [0.4, 0.5) is 5.69 Å². The number of nitrogens with zero attached hydrogens (tertiary/aromatic N) is 2. The average molecular weight is 298 g/mol. The molecule has 0 radical (unpaired) electrons. The number of para-hydroxylation sites is 1. The topological polar surface area (TPSA) is 24.7 Å². The van der Waals surface area contributed by atoms with E-state index in [9.17, 15) is 0 Å². The van der Waals surface area contributed by atoms with E-state index < -0.39 is 0 Å². The Kier molecular flexibility index (Phi) is 4.75. The third-order valence-corrected chi connectivity index (χ3v) is 3.54. The molecule has 0 amide bonds. The van der Waals surface area contributed by atoms with Crippen molar-refractivity contribution >= 4 is 17.1 Å². The van der Waals surface area contributed by atoms with Crippen molar-refractivity contribution in [1.82, 2.24) is 0 Å². The van der Waals surface area contributed by atoms with Gasteiger partial charge in [0.15, 0.2) is 0 Å². The van der Waals surface area contributed by atoms with E-state index in [0.717, 1.165) is 28.2 Å². The van der Waals surface area contributed by atoms with Gasteiger partial charge < -0.3 is 0 Å². The highest BCUT2D eigenvalue weighted by molar-refractivity contribution is 6.53. The first-order chi connectivity index (χ1) is 11.4. The zero-order valence-electron chi connectivity index (χ0n) is 13.1. The summed E-state index contributed by atoms with van der Waals surface area (Å²) in [5.41, 5.74) is 4.81. The summed E-state index contributed by atoms with van der Waals surface area (Å²) in [6.45, 7) is 0. The Labute approximate surface area is 136 Å². The number of rotatable bonds is 4. The van der Waals surface area contributed by atoms with Gasteiger partial charge in [-0.3, -0.25) is 4.99 Å². The molecule has 0 unspecified atom stereocenters. The van der Waals surface area contributed by atoms with Crippen molar-refractivity contribution < 1.29 is 0 Å². The molecule has 0 atom stereocenters. The maximum Gasteiger partial charge on any atom is 0.0967 e. The lowest BCUT2D eigenvalue weighted by molar-refractivity contribution is 1.43. The predicted octanol–water partition coefficient (Wildman–Crippen LogP) is 4.93. The maximum absolute atomic E-state index is 4.86. The monoisotopic (exact) mass is 298 g/mol. The van der Waals surface area contributed by atoms with E-state index in [1.807, 2.05) is 73.8 Å². The minimum atomic E-state index is 0.880. The lowest BCUT2D eigenvalue weighted by Gasteiger charge is -2.11. The molecule has 0 saturated heterocycles. The molecule has 0 aliphatic rings. The van der Waals surface area contributed by atoms with Crippen LogP contribution in [0.3, 0.4) is 0 Å². The van der Waals surface area contributed by atoms with Gasteiger partial charge in [0.25, 0.3) is 0 Å². The van der Waals surface area contributed by atoms with Gasteiger partial charge in [-0.1, -0.05) is 78.9 Å². The van der Waals surface area contributed by atoms with E-state index in [-0.39, 0.29) is 0 Å². The van der Waals surface area contributed by atoms with E-state index in [2.05, 4.69) is 29.3 Å². The van der Waals surface area contributed by atoms with E-state index in [0.29, 0.717) is 0 Å². The summed E-state index contributed by atoms with van der Waals surface area (Å²) in [6.07, 6.45) is 0. The number of hydrogen-bond donors (Lipinski definition) is 0. The first-order valence-electron chi connectivity index (χ1n) is 7.60. The first-order valence-corrected chi connectivity index (χ1v) is 7.60. The van der Waals surface area contributed by atoms with Crippen LogP contribution in [0.15, 0.2) is 101 Å². The Morgan fingerprint density at radius 1 is 0.565 bits per heavy atom. The third-order valence-electron chi connectivity index (χ3n) is 3.54. The van der Waals surface area contributed by atoms with Gasteiger partial charge >= 0.3 is 0 Å². The zero-order chi connectivity index (χ0) is 15.9. The lowest BCUT2D eigenvalue weighted by Crippen LogP contribution is -2.17. The van der Waals surface area contributed by atoms with Crippen LogP contribution in [0.25, 0.3) is 0 Å². The van der Waals surface area contributed by atoms with Crippen molar-refractivity contribution in [2.45, 2.75) is 0 Å². The molecule has 0 aromatic heterocycles. The van der Waals surface area contributed by atoms with Crippen LogP contribution in [-0.4, -0.2) is 18.5 Å². The molecule has 2 heteroatoms. The van der Waals surface area contributed by atoms with Gasteiger partial charge in [-0.15, -0.1) is 0 Å². The van der Waals surface area contributed by atoms with E-state index in [4.69, 9.17) is 4.99 Å².